The summed E-state index contributed by atoms with van der Waals surface area (Å²) in [6.45, 7) is 0. The van der Waals surface area contributed by atoms with Gasteiger partial charge < -0.3 is 5.32 Å². The zero-order valence-corrected chi connectivity index (χ0v) is 11.8. The van der Waals surface area contributed by atoms with Crippen LogP contribution in [0.3, 0.4) is 0 Å². The molecule has 2 aromatic rings. The molecule has 0 bridgehead atoms. The molecule has 0 aliphatic heterocycles. The maximum Gasteiger partial charge on any atom is 0.258 e. The molecule has 2 rings (SSSR count). The summed E-state index contributed by atoms with van der Waals surface area (Å²) >= 11 is 0. The van der Waals surface area contributed by atoms with Gasteiger partial charge in [0.25, 0.3) is 5.91 Å². The Balaban J connectivity index is 2.23. The number of carbonyl (C=O) groups is 1. The van der Waals surface area contributed by atoms with Gasteiger partial charge in [-0.05, 0) is 12.1 Å². The number of nitrogens with zero attached hydrogens (tertiary/aromatic N) is 2. The second kappa shape index (κ2) is 5.33. The van der Waals surface area contributed by atoms with Crippen molar-refractivity contribution in [3.63, 3.8) is 0 Å². The van der Waals surface area contributed by atoms with Crippen LogP contribution in [0.4, 0.5) is 11.4 Å². The third kappa shape index (κ3) is 3.58. The van der Waals surface area contributed by atoms with E-state index < -0.39 is 10.0 Å². The second-order valence-corrected chi connectivity index (χ2v) is 6.03. The number of aromatic nitrogens is 2. The van der Waals surface area contributed by atoms with Crippen molar-refractivity contribution in [2.75, 3.05) is 16.3 Å². The van der Waals surface area contributed by atoms with Gasteiger partial charge in [0, 0.05) is 13.2 Å². The first-order valence-corrected chi connectivity index (χ1v) is 7.61. The van der Waals surface area contributed by atoms with Crippen molar-refractivity contribution >= 4 is 27.3 Å². The predicted octanol–water partition coefficient (Wildman–Crippen LogP) is 1.04. The molecule has 1 heterocycles. The Labute approximate surface area is 116 Å². The maximum atomic E-state index is 12.0. The largest absolute Gasteiger partial charge is 0.320 e. The molecule has 8 heteroatoms. The summed E-state index contributed by atoms with van der Waals surface area (Å²) in [5.41, 5.74) is 1.08. The Kier molecular flexibility index (Phi) is 3.75. The van der Waals surface area contributed by atoms with Crippen molar-refractivity contribution in [3.05, 3.63) is 42.2 Å². The summed E-state index contributed by atoms with van der Waals surface area (Å²) in [7, 11) is -1.71. The van der Waals surface area contributed by atoms with Crippen LogP contribution in [0.1, 0.15) is 10.4 Å². The van der Waals surface area contributed by atoms with Gasteiger partial charge in [0.05, 0.1) is 29.4 Å². The number of anilines is 2. The Bertz CT molecular complexity index is 737. The number of aryl methyl sites for hydroxylation is 1. The van der Waals surface area contributed by atoms with Crippen LogP contribution in [-0.2, 0) is 17.1 Å². The summed E-state index contributed by atoms with van der Waals surface area (Å²) < 4.78 is 26.4. The Morgan fingerprint density at radius 3 is 2.45 bits per heavy atom. The molecule has 1 amide bonds. The van der Waals surface area contributed by atoms with Gasteiger partial charge in [-0.25, -0.2) is 8.42 Å². The SMILES string of the molecule is Cn1cc(C(=O)Nc2ccccc2NS(C)(=O)=O)cn1. The van der Waals surface area contributed by atoms with Crippen LogP contribution in [-0.4, -0.2) is 30.4 Å². The van der Waals surface area contributed by atoms with E-state index in [1.54, 1.807) is 37.5 Å². The fraction of sp³-hybridized carbons (Fsp3) is 0.167. The number of sulfonamides is 1. The van der Waals surface area contributed by atoms with Crippen LogP contribution in [0.15, 0.2) is 36.7 Å². The van der Waals surface area contributed by atoms with E-state index in [2.05, 4.69) is 15.1 Å². The molecule has 1 aromatic carbocycles. The minimum absolute atomic E-state index is 0.312. The van der Waals surface area contributed by atoms with Crippen molar-refractivity contribution < 1.29 is 13.2 Å². The van der Waals surface area contributed by atoms with Gasteiger partial charge >= 0.3 is 0 Å². The number of rotatable bonds is 4. The summed E-state index contributed by atoms with van der Waals surface area (Å²) in [6, 6.07) is 6.56. The number of nitrogens with one attached hydrogen (secondary N) is 2. The predicted molar refractivity (Wildman–Crippen MR) is 76.1 cm³/mol. The molecule has 106 valence electrons. The molecule has 1 aromatic heterocycles. The number of amides is 1. The average molecular weight is 294 g/mol. The third-order valence-corrected chi connectivity index (χ3v) is 3.03. The molecule has 0 fully saturated rings. The number of para-hydroxylation sites is 2. The first-order chi connectivity index (χ1) is 9.35. The fourth-order valence-corrected chi connectivity index (χ4v) is 2.19. The molecular formula is C12H14N4O3S. The monoisotopic (exact) mass is 294 g/mol. The number of hydrogen-bond acceptors (Lipinski definition) is 4. The average Bonchev–Trinajstić information content (AvgIpc) is 2.77. The highest BCUT2D eigenvalue weighted by atomic mass is 32.2. The highest BCUT2D eigenvalue weighted by molar-refractivity contribution is 7.92. The van der Waals surface area contributed by atoms with Crippen molar-refractivity contribution in [2.24, 2.45) is 7.05 Å². The lowest BCUT2D eigenvalue weighted by atomic mass is 10.2. The topological polar surface area (TPSA) is 93.1 Å². The van der Waals surface area contributed by atoms with Crippen molar-refractivity contribution in [3.8, 4) is 0 Å². The van der Waals surface area contributed by atoms with E-state index in [1.807, 2.05) is 0 Å². The summed E-state index contributed by atoms with van der Waals surface area (Å²) in [5, 5.41) is 6.55. The number of benzene rings is 1. The van der Waals surface area contributed by atoms with Gasteiger partial charge in [0.15, 0.2) is 0 Å². The second-order valence-electron chi connectivity index (χ2n) is 4.28. The fourth-order valence-electron chi connectivity index (χ4n) is 1.61. The van der Waals surface area contributed by atoms with Crippen molar-refractivity contribution in [2.45, 2.75) is 0 Å². The normalized spacial score (nSPS) is 11.1. The van der Waals surface area contributed by atoms with Crippen molar-refractivity contribution in [1.29, 1.82) is 0 Å². The van der Waals surface area contributed by atoms with Crippen LogP contribution in [0, 0.1) is 0 Å². The lowest BCUT2D eigenvalue weighted by Gasteiger charge is -2.11. The number of carbonyl (C=O) groups excluding carboxylic acids is 1. The van der Waals surface area contributed by atoms with E-state index >= 15 is 0 Å². The molecule has 7 nitrogen and oxygen atoms in total. The van der Waals surface area contributed by atoms with Gasteiger partial charge in [0.2, 0.25) is 10.0 Å². The Morgan fingerprint density at radius 2 is 1.90 bits per heavy atom. The van der Waals surface area contributed by atoms with E-state index in [0.717, 1.165) is 6.26 Å². The lowest BCUT2D eigenvalue weighted by molar-refractivity contribution is 0.102. The quantitative estimate of drug-likeness (QED) is 0.881. The summed E-state index contributed by atoms with van der Waals surface area (Å²) in [4.78, 5) is 12.0. The van der Waals surface area contributed by atoms with E-state index in [1.165, 1.54) is 10.9 Å². The van der Waals surface area contributed by atoms with Crippen LogP contribution in [0.5, 0.6) is 0 Å². The molecule has 0 atom stereocenters. The minimum Gasteiger partial charge on any atom is -0.320 e. The molecule has 20 heavy (non-hydrogen) atoms. The minimum atomic E-state index is -3.41. The van der Waals surface area contributed by atoms with Crippen LogP contribution >= 0.6 is 0 Å². The van der Waals surface area contributed by atoms with Crippen LogP contribution in [0.25, 0.3) is 0 Å². The molecule has 0 spiro atoms. The maximum absolute atomic E-state index is 12.0. The highest BCUT2D eigenvalue weighted by Crippen LogP contribution is 2.22. The van der Waals surface area contributed by atoms with Gasteiger partial charge in [-0.3, -0.25) is 14.2 Å². The zero-order chi connectivity index (χ0) is 14.8. The number of hydrogen-bond donors (Lipinski definition) is 2. The third-order valence-electron chi connectivity index (χ3n) is 2.44. The molecule has 0 saturated carbocycles. The Morgan fingerprint density at radius 1 is 1.25 bits per heavy atom. The van der Waals surface area contributed by atoms with Gasteiger partial charge in [0.1, 0.15) is 0 Å². The lowest BCUT2D eigenvalue weighted by Crippen LogP contribution is -2.15. The zero-order valence-electron chi connectivity index (χ0n) is 11.0. The molecule has 0 unspecified atom stereocenters. The smallest absolute Gasteiger partial charge is 0.258 e. The molecule has 2 N–H and O–H groups in total. The van der Waals surface area contributed by atoms with Gasteiger partial charge in [-0.15, -0.1) is 0 Å². The first kappa shape index (κ1) is 14.1. The van der Waals surface area contributed by atoms with E-state index in [4.69, 9.17) is 0 Å². The highest BCUT2D eigenvalue weighted by Gasteiger charge is 2.12. The van der Waals surface area contributed by atoms with Crippen LogP contribution in [0.2, 0.25) is 0 Å². The molecule has 0 aliphatic rings. The van der Waals surface area contributed by atoms with E-state index in [9.17, 15) is 13.2 Å². The molecule has 0 saturated heterocycles. The Hall–Kier alpha value is -2.35. The van der Waals surface area contributed by atoms with Gasteiger partial charge in [-0.2, -0.15) is 5.10 Å². The van der Waals surface area contributed by atoms with Crippen LogP contribution < -0.4 is 10.0 Å². The standard InChI is InChI=1S/C12H14N4O3S/c1-16-8-9(7-13-16)12(17)14-10-5-3-4-6-11(10)15-20(2,18)19/h3-8,15H,1-2H3,(H,14,17). The van der Waals surface area contributed by atoms with E-state index in [0.29, 0.717) is 16.9 Å². The molecule has 0 radical (unpaired) electrons. The molecule has 0 aliphatic carbocycles. The molecular weight excluding hydrogens is 280 g/mol. The van der Waals surface area contributed by atoms with E-state index in [-0.39, 0.29) is 5.91 Å². The van der Waals surface area contributed by atoms with Gasteiger partial charge in [-0.1, -0.05) is 12.1 Å². The summed E-state index contributed by atoms with van der Waals surface area (Å²) in [6.07, 6.45) is 4.05. The first-order valence-electron chi connectivity index (χ1n) is 5.72. The summed E-state index contributed by atoms with van der Waals surface area (Å²) in [5.74, 6) is -0.360. The van der Waals surface area contributed by atoms with Crippen molar-refractivity contribution in [1.82, 2.24) is 9.78 Å².